The van der Waals surface area contributed by atoms with Crippen molar-refractivity contribution in [3.8, 4) is 5.75 Å². The van der Waals surface area contributed by atoms with Crippen LogP contribution in [0.4, 0.5) is 0 Å². The van der Waals surface area contributed by atoms with Crippen LogP contribution in [-0.4, -0.2) is 26.5 Å². The Morgan fingerprint density at radius 1 is 1.30 bits per heavy atom. The Hall–Kier alpha value is -2.38. The molecule has 0 aliphatic rings. The number of rotatable bonds is 4. The molecule has 3 heterocycles. The molecule has 1 unspecified atom stereocenters. The highest BCUT2D eigenvalue weighted by molar-refractivity contribution is 5.57. The quantitative estimate of drug-likeness (QED) is 0.537. The number of aromatic nitrogens is 4. The van der Waals surface area contributed by atoms with Crippen LogP contribution >= 0.6 is 0 Å². The number of hydrazine groups is 1. The van der Waals surface area contributed by atoms with Crippen LogP contribution < -0.4 is 16.0 Å². The van der Waals surface area contributed by atoms with Crippen LogP contribution in [0.1, 0.15) is 17.3 Å². The molecule has 3 rings (SSSR count). The van der Waals surface area contributed by atoms with E-state index in [9.17, 15) is 0 Å². The molecule has 0 radical (unpaired) electrons. The van der Waals surface area contributed by atoms with E-state index in [1.165, 1.54) is 0 Å². The standard InChI is InChI=1S/C13H16N6O/c1-18-13(11(20-2)8-15-18)12(17-14)9-7-16-19-6-4-3-5-10(9)19/h3-8,12,17H,14H2,1-2H3. The lowest BCUT2D eigenvalue weighted by molar-refractivity contribution is 0.401. The second-order valence-electron chi connectivity index (χ2n) is 4.45. The highest BCUT2D eigenvalue weighted by atomic mass is 16.5. The maximum Gasteiger partial charge on any atom is 0.161 e. The van der Waals surface area contributed by atoms with E-state index in [-0.39, 0.29) is 6.04 Å². The first kappa shape index (κ1) is 12.6. The lowest BCUT2D eigenvalue weighted by Gasteiger charge is -2.16. The Morgan fingerprint density at radius 3 is 2.90 bits per heavy atom. The normalized spacial score (nSPS) is 12.8. The minimum absolute atomic E-state index is 0.252. The van der Waals surface area contributed by atoms with Crippen LogP contribution in [0, 0.1) is 0 Å². The number of nitrogens with zero attached hydrogens (tertiary/aromatic N) is 4. The Kier molecular flexibility index (Phi) is 3.13. The molecule has 104 valence electrons. The van der Waals surface area contributed by atoms with Gasteiger partial charge < -0.3 is 4.74 Å². The summed E-state index contributed by atoms with van der Waals surface area (Å²) in [5.41, 5.74) is 5.63. The maximum atomic E-state index is 5.75. The van der Waals surface area contributed by atoms with Crippen molar-refractivity contribution in [3.05, 3.63) is 48.0 Å². The molecule has 1 atom stereocenters. The van der Waals surface area contributed by atoms with Gasteiger partial charge in [-0.25, -0.2) is 9.94 Å². The first-order valence-electron chi connectivity index (χ1n) is 6.20. The van der Waals surface area contributed by atoms with Gasteiger partial charge in [0.1, 0.15) is 5.69 Å². The molecule has 0 saturated carbocycles. The van der Waals surface area contributed by atoms with Crippen LogP contribution in [-0.2, 0) is 7.05 Å². The van der Waals surface area contributed by atoms with Crippen molar-refractivity contribution in [3.63, 3.8) is 0 Å². The van der Waals surface area contributed by atoms with Crippen molar-refractivity contribution in [2.24, 2.45) is 12.9 Å². The van der Waals surface area contributed by atoms with Gasteiger partial charge in [-0.2, -0.15) is 10.2 Å². The van der Waals surface area contributed by atoms with Crippen molar-refractivity contribution < 1.29 is 4.74 Å². The van der Waals surface area contributed by atoms with Gasteiger partial charge in [0, 0.05) is 18.8 Å². The van der Waals surface area contributed by atoms with Crippen molar-refractivity contribution in [1.29, 1.82) is 0 Å². The Balaban J connectivity index is 2.16. The number of ether oxygens (including phenoxy) is 1. The lowest BCUT2D eigenvalue weighted by atomic mass is 10.1. The van der Waals surface area contributed by atoms with Gasteiger partial charge in [-0.3, -0.25) is 10.5 Å². The summed E-state index contributed by atoms with van der Waals surface area (Å²) in [5, 5.41) is 8.55. The smallest absolute Gasteiger partial charge is 0.161 e. The van der Waals surface area contributed by atoms with E-state index < -0.39 is 0 Å². The van der Waals surface area contributed by atoms with Gasteiger partial charge in [0.2, 0.25) is 0 Å². The number of aryl methyl sites for hydroxylation is 1. The van der Waals surface area contributed by atoms with Gasteiger partial charge in [0.05, 0.1) is 31.1 Å². The fourth-order valence-electron chi connectivity index (χ4n) is 2.41. The van der Waals surface area contributed by atoms with Crippen molar-refractivity contribution >= 4 is 5.52 Å². The van der Waals surface area contributed by atoms with Gasteiger partial charge in [0.15, 0.2) is 5.75 Å². The number of hydrogen-bond acceptors (Lipinski definition) is 5. The maximum absolute atomic E-state index is 5.75. The van der Waals surface area contributed by atoms with Gasteiger partial charge in [-0.1, -0.05) is 6.07 Å². The summed E-state index contributed by atoms with van der Waals surface area (Å²) < 4.78 is 8.91. The zero-order chi connectivity index (χ0) is 14.1. The molecule has 0 bridgehead atoms. The molecule has 0 amide bonds. The third-order valence-corrected chi connectivity index (χ3v) is 3.38. The number of nitrogens with two attached hydrogens (primary N) is 1. The second kappa shape index (κ2) is 4.95. The number of nitrogens with one attached hydrogen (secondary N) is 1. The molecular weight excluding hydrogens is 256 g/mol. The zero-order valence-corrected chi connectivity index (χ0v) is 11.3. The largest absolute Gasteiger partial charge is 0.493 e. The molecule has 0 fully saturated rings. The summed E-state index contributed by atoms with van der Waals surface area (Å²) in [5.74, 6) is 6.44. The van der Waals surface area contributed by atoms with Crippen LogP contribution in [0.3, 0.4) is 0 Å². The predicted molar refractivity (Wildman–Crippen MR) is 74.1 cm³/mol. The highest BCUT2D eigenvalue weighted by Crippen LogP contribution is 2.30. The van der Waals surface area contributed by atoms with Crippen LogP contribution in [0.2, 0.25) is 0 Å². The number of pyridine rings is 1. The summed E-state index contributed by atoms with van der Waals surface area (Å²) >= 11 is 0. The molecule has 0 spiro atoms. The van der Waals surface area contributed by atoms with Gasteiger partial charge in [-0.15, -0.1) is 0 Å². The molecule has 0 aliphatic carbocycles. The van der Waals surface area contributed by atoms with Crippen molar-refractivity contribution in [2.45, 2.75) is 6.04 Å². The molecule has 3 N–H and O–H groups in total. The van der Waals surface area contributed by atoms with Gasteiger partial charge in [-0.05, 0) is 12.1 Å². The van der Waals surface area contributed by atoms with Gasteiger partial charge >= 0.3 is 0 Å². The minimum atomic E-state index is -0.252. The molecule has 0 aromatic carbocycles. The van der Waals surface area contributed by atoms with E-state index in [2.05, 4.69) is 15.6 Å². The molecule has 20 heavy (non-hydrogen) atoms. The average Bonchev–Trinajstić information content (AvgIpc) is 3.06. The Labute approximate surface area is 115 Å². The number of hydrogen-bond donors (Lipinski definition) is 2. The topological polar surface area (TPSA) is 82.4 Å². The minimum Gasteiger partial charge on any atom is -0.493 e. The SMILES string of the molecule is COc1cnn(C)c1C(NN)c1cnn2ccccc12. The van der Waals surface area contributed by atoms with Crippen molar-refractivity contribution in [1.82, 2.24) is 24.8 Å². The van der Waals surface area contributed by atoms with E-state index >= 15 is 0 Å². The molecule has 7 heteroatoms. The number of methoxy groups -OCH3 is 1. The van der Waals surface area contributed by atoms with E-state index in [4.69, 9.17) is 10.6 Å². The summed E-state index contributed by atoms with van der Waals surface area (Å²) in [4.78, 5) is 0. The molecule has 3 aromatic heterocycles. The first-order chi connectivity index (χ1) is 9.76. The number of fused-ring (bicyclic) bond motifs is 1. The van der Waals surface area contributed by atoms with E-state index in [0.29, 0.717) is 5.75 Å². The average molecular weight is 272 g/mol. The molecule has 0 aliphatic heterocycles. The summed E-state index contributed by atoms with van der Waals surface area (Å²) in [6.45, 7) is 0. The molecular formula is C13H16N6O. The van der Waals surface area contributed by atoms with E-state index in [1.807, 2.05) is 36.0 Å². The monoisotopic (exact) mass is 272 g/mol. The molecule has 3 aromatic rings. The fraction of sp³-hybridized carbons (Fsp3) is 0.231. The van der Waals surface area contributed by atoms with Crippen LogP contribution in [0.5, 0.6) is 5.75 Å². The van der Waals surface area contributed by atoms with Crippen molar-refractivity contribution in [2.75, 3.05) is 7.11 Å². The van der Waals surface area contributed by atoms with E-state index in [0.717, 1.165) is 16.8 Å². The lowest BCUT2D eigenvalue weighted by Crippen LogP contribution is -2.30. The summed E-state index contributed by atoms with van der Waals surface area (Å²) in [6, 6.07) is 5.64. The zero-order valence-electron chi connectivity index (χ0n) is 11.3. The van der Waals surface area contributed by atoms with E-state index in [1.54, 1.807) is 24.2 Å². The first-order valence-corrected chi connectivity index (χ1v) is 6.20. The molecule has 7 nitrogen and oxygen atoms in total. The Morgan fingerprint density at radius 2 is 2.15 bits per heavy atom. The molecule has 0 saturated heterocycles. The summed E-state index contributed by atoms with van der Waals surface area (Å²) in [7, 11) is 3.47. The second-order valence-corrected chi connectivity index (χ2v) is 4.45. The van der Waals surface area contributed by atoms with Crippen LogP contribution in [0.25, 0.3) is 5.52 Å². The predicted octanol–water partition coefficient (Wildman–Crippen LogP) is 0.629. The van der Waals surface area contributed by atoms with Gasteiger partial charge in [0.25, 0.3) is 0 Å². The Bertz CT molecular complexity index is 731. The third-order valence-electron chi connectivity index (χ3n) is 3.38. The third kappa shape index (κ3) is 1.84. The van der Waals surface area contributed by atoms with Crippen LogP contribution in [0.15, 0.2) is 36.8 Å². The fourth-order valence-corrected chi connectivity index (χ4v) is 2.41. The highest BCUT2D eigenvalue weighted by Gasteiger charge is 2.24. The summed E-state index contributed by atoms with van der Waals surface area (Å²) in [6.07, 6.45) is 5.37.